The van der Waals surface area contributed by atoms with Crippen molar-refractivity contribution in [2.45, 2.75) is 4.90 Å². The second-order valence-corrected chi connectivity index (χ2v) is 5.21. The van der Waals surface area contributed by atoms with Crippen molar-refractivity contribution in [3.8, 4) is 24.5 Å². The summed E-state index contributed by atoms with van der Waals surface area (Å²) in [5.74, 6) is 2.19. The maximum Gasteiger partial charge on any atom is 0.244 e. The monoisotopic (exact) mass is 259 g/mol. The molecule has 0 unspecified atom stereocenters. The quantitative estimate of drug-likeness (QED) is 0.588. The Morgan fingerprint density at radius 1 is 1.28 bits per heavy atom. The summed E-state index contributed by atoms with van der Waals surface area (Å²) in [6.45, 7) is -0.518. The summed E-state index contributed by atoms with van der Waals surface area (Å²) in [4.78, 5) is -0.0490. The lowest BCUT2D eigenvalue weighted by atomic mass is 10.2. The van der Waals surface area contributed by atoms with Gasteiger partial charge in [0, 0.05) is 0 Å². The van der Waals surface area contributed by atoms with Crippen LogP contribution in [0.4, 0.5) is 0 Å². The third-order valence-electron chi connectivity index (χ3n) is 2.12. The van der Waals surface area contributed by atoms with E-state index < -0.39 is 10.0 Å². The zero-order chi connectivity index (χ0) is 13.6. The van der Waals surface area contributed by atoms with E-state index in [0.29, 0.717) is 0 Å². The van der Waals surface area contributed by atoms with E-state index >= 15 is 0 Å². The molecular formula is C12H9N3O2S. The van der Waals surface area contributed by atoms with E-state index in [2.05, 4.69) is 5.92 Å². The number of terminal acetylenes is 1. The third kappa shape index (κ3) is 2.87. The second kappa shape index (κ2) is 5.84. The van der Waals surface area contributed by atoms with Gasteiger partial charge in [0.25, 0.3) is 0 Å². The minimum Gasteiger partial charge on any atom is -0.207 e. The van der Waals surface area contributed by atoms with Gasteiger partial charge in [0.15, 0.2) is 0 Å². The Labute approximate surface area is 106 Å². The van der Waals surface area contributed by atoms with Crippen LogP contribution in [0.2, 0.25) is 0 Å². The van der Waals surface area contributed by atoms with Crippen LogP contribution in [-0.2, 0) is 10.0 Å². The number of rotatable bonds is 4. The van der Waals surface area contributed by atoms with Crippen molar-refractivity contribution in [1.82, 2.24) is 4.31 Å². The molecule has 0 atom stereocenters. The Balaban J connectivity index is 3.24. The minimum absolute atomic E-state index is 0.0490. The Morgan fingerprint density at radius 2 is 2.00 bits per heavy atom. The molecule has 0 aliphatic heterocycles. The van der Waals surface area contributed by atoms with Crippen LogP contribution in [0.1, 0.15) is 5.56 Å². The number of nitrogens with zero attached hydrogens (tertiary/aromatic N) is 3. The zero-order valence-electron chi connectivity index (χ0n) is 9.37. The first-order chi connectivity index (χ1) is 8.56. The SMILES string of the molecule is C#CCN(CC#N)S(=O)(=O)c1cccc(C#N)c1. The second-order valence-electron chi connectivity index (χ2n) is 3.27. The van der Waals surface area contributed by atoms with Gasteiger partial charge in [-0.15, -0.1) is 6.42 Å². The lowest BCUT2D eigenvalue weighted by Crippen LogP contribution is -2.31. The molecule has 6 heteroatoms. The molecule has 5 nitrogen and oxygen atoms in total. The Hall–Kier alpha value is -2.33. The smallest absolute Gasteiger partial charge is 0.207 e. The average molecular weight is 259 g/mol. The van der Waals surface area contributed by atoms with Crippen molar-refractivity contribution in [1.29, 1.82) is 10.5 Å². The highest BCUT2D eigenvalue weighted by Gasteiger charge is 2.23. The molecule has 1 aromatic carbocycles. The Kier molecular flexibility index (Phi) is 4.45. The lowest BCUT2D eigenvalue weighted by molar-refractivity contribution is 0.481. The van der Waals surface area contributed by atoms with Crippen molar-refractivity contribution in [3.63, 3.8) is 0 Å². The van der Waals surface area contributed by atoms with Gasteiger partial charge in [-0.25, -0.2) is 8.42 Å². The van der Waals surface area contributed by atoms with Crippen molar-refractivity contribution >= 4 is 10.0 Å². The number of nitriles is 2. The fraction of sp³-hybridized carbons (Fsp3) is 0.167. The van der Waals surface area contributed by atoms with Gasteiger partial charge in [-0.1, -0.05) is 12.0 Å². The van der Waals surface area contributed by atoms with Gasteiger partial charge in [-0.3, -0.25) is 0 Å². The predicted molar refractivity (Wildman–Crippen MR) is 64.4 cm³/mol. The van der Waals surface area contributed by atoms with E-state index in [1.165, 1.54) is 24.3 Å². The molecule has 0 heterocycles. The van der Waals surface area contributed by atoms with E-state index in [0.717, 1.165) is 4.31 Å². The van der Waals surface area contributed by atoms with Crippen LogP contribution in [0.15, 0.2) is 29.2 Å². The van der Waals surface area contributed by atoms with Gasteiger partial charge in [0.2, 0.25) is 10.0 Å². The molecule has 0 bridgehead atoms. The molecule has 0 saturated carbocycles. The van der Waals surface area contributed by atoms with Crippen LogP contribution in [0, 0.1) is 35.0 Å². The van der Waals surface area contributed by atoms with E-state index in [4.69, 9.17) is 16.9 Å². The highest BCUT2D eigenvalue weighted by Crippen LogP contribution is 2.16. The molecule has 1 rings (SSSR count). The molecule has 0 spiro atoms. The number of sulfonamides is 1. The van der Waals surface area contributed by atoms with Gasteiger partial charge < -0.3 is 0 Å². The third-order valence-corrected chi connectivity index (χ3v) is 3.90. The molecule has 0 aliphatic rings. The summed E-state index contributed by atoms with van der Waals surface area (Å²) in [5, 5.41) is 17.3. The molecule has 1 aromatic rings. The predicted octanol–water partition coefficient (Wildman–Crippen LogP) is 0.706. The van der Waals surface area contributed by atoms with Gasteiger partial charge >= 0.3 is 0 Å². The van der Waals surface area contributed by atoms with Crippen LogP contribution in [0.25, 0.3) is 0 Å². The molecule has 90 valence electrons. The number of hydrogen-bond donors (Lipinski definition) is 0. The highest BCUT2D eigenvalue weighted by atomic mass is 32.2. The standard InChI is InChI=1S/C12H9N3O2S/c1-2-7-15(8-6-13)18(16,17)12-5-3-4-11(9-12)10-14/h1,3-5,9H,7-8H2. The summed E-state index contributed by atoms with van der Waals surface area (Å²) < 4.78 is 25.2. The van der Waals surface area contributed by atoms with Gasteiger partial charge in [0.05, 0.1) is 29.1 Å². The number of benzene rings is 1. The largest absolute Gasteiger partial charge is 0.244 e. The Bertz CT molecular complexity index is 644. The fourth-order valence-corrected chi connectivity index (χ4v) is 2.58. The average Bonchev–Trinajstić information content (AvgIpc) is 2.38. The Morgan fingerprint density at radius 3 is 2.56 bits per heavy atom. The van der Waals surface area contributed by atoms with Crippen LogP contribution >= 0.6 is 0 Å². The van der Waals surface area contributed by atoms with Gasteiger partial charge in [-0.2, -0.15) is 14.8 Å². The minimum atomic E-state index is -3.84. The summed E-state index contributed by atoms with van der Waals surface area (Å²) >= 11 is 0. The molecule has 0 amide bonds. The van der Waals surface area contributed by atoms with E-state index in [1.54, 1.807) is 6.07 Å². The normalized spacial score (nSPS) is 10.3. The first-order valence-electron chi connectivity index (χ1n) is 4.87. The van der Waals surface area contributed by atoms with Crippen LogP contribution in [0.5, 0.6) is 0 Å². The lowest BCUT2D eigenvalue weighted by Gasteiger charge is -2.16. The maximum absolute atomic E-state index is 12.2. The molecule has 0 radical (unpaired) electrons. The summed E-state index contributed by atoms with van der Waals surface area (Å²) in [7, 11) is -3.84. The van der Waals surface area contributed by atoms with Crippen molar-refractivity contribution < 1.29 is 8.42 Å². The van der Waals surface area contributed by atoms with Crippen molar-refractivity contribution in [2.75, 3.05) is 13.1 Å². The first-order valence-corrected chi connectivity index (χ1v) is 6.31. The summed E-state index contributed by atoms with van der Waals surface area (Å²) in [6.07, 6.45) is 5.07. The van der Waals surface area contributed by atoms with Crippen LogP contribution in [0.3, 0.4) is 0 Å². The molecule has 0 saturated heterocycles. The molecule has 0 aromatic heterocycles. The van der Waals surface area contributed by atoms with Gasteiger partial charge in [-0.05, 0) is 18.2 Å². The van der Waals surface area contributed by atoms with E-state index in [9.17, 15) is 8.42 Å². The molecule has 0 fully saturated rings. The topological polar surface area (TPSA) is 85.0 Å². The van der Waals surface area contributed by atoms with Crippen LogP contribution < -0.4 is 0 Å². The maximum atomic E-state index is 12.2. The first kappa shape index (κ1) is 13.7. The molecule has 18 heavy (non-hydrogen) atoms. The molecular weight excluding hydrogens is 250 g/mol. The zero-order valence-corrected chi connectivity index (χ0v) is 10.2. The van der Waals surface area contributed by atoms with E-state index in [1.807, 2.05) is 6.07 Å². The molecule has 0 aliphatic carbocycles. The number of hydrogen-bond acceptors (Lipinski definition) is 4. The summed E-state index contributed by atoms with van der Waals surface area (Å²) in [6, 6.07) is 9.16. The molecule has 0 N–H and O–H groups in total. The fourth-order valence-electron chi connectivity index (χ4n) is 1.28. The summed E-state index contributed by atoms with van der Waals surface area (Å²) in [5.41, 5.74) is 0.230. The van der Waals surface area contributed by atoms with E-state index in [-0.39, 0.29) is 23.5 Å². The van der Waals surface area contributed by atoms with Crippen molar-refractivity contribution in [3.05, 3.63) is 29.8 Å². The van der Waals surface area contributed by atoms with Crippen molar-refractivity contribution in [2.24, 2.45) is 0 Å². The highest BCUT2D eigenvalue weighted by molar-refractivity contribution is 7.89. The van der Waals surface area contributed by atoms with Crippen LogP contribution in [-0.4, -0.2) is 25.8 Å². The van der Waals surface area contributed by atoms with Gasteiger partial charge in [0.1, 0.15) is 6.54 Å².